The van der Waals surface area contributed by atoms with Gasteiger partial charge in [0.15, 0.2) is 0 Å². The molecule has 0 saturated carbocycles. The first-order chi connectivity index (χ1) is 13.2. The number of carbonyl (C=O) groups excluding carboxylic acids is 2. The first kappa shape index (κ1) is 22.9. The predicted molar refractivity (Wildman–Crippen MR) is 106 cm³/mol. The Morgan fingerprint density at radius 3 is 2.32 bits per heavy atom. The highest BCUT2D eigenvalue weighted by Gasteiger charge is 2.27. The van der Waals surface area contributed by atoms with Gasteiger partial charge in [-0.25, -0.2) is 9.59 Å². The molecule has 1 unspecified atom stereocenters. The summed E-state index contributed by atoms with van der Waals surface area (Å²) < 4.78 is 10.5. The van der Waals surface area contributed by atoms with Crippen molar-refractivity contribution in [3.05, 3.63) is 29.8 Å². The number of alkyl carbamates (subject to hydrolysis) is 1. The largest absolute Gasteiger partial charge is 0.508 e. The number of ether oxygens (including phenoxy) is 2. The molecule has 0 aliphatic rings. The molecule has 1 atom stereocenters. The maximum atomic E-state index is 12.6. The van der Waals surface area contributed by atoms with Gasteiger partial charge in [-0.15, -0.1) is 24.7 Å². The Labute approximate surface area is 166 Å². The molecule has 1 rings (SSSR count). The zero-order chi connectivity index (χ0) is 21.2. The molecule has 6 nitrogen and oxygen atoms in total. The average molecular weight is 385 g/mol. The summed E-state index contributed by atoms with van der Waals surface area (Å²) in [5.74, 6) is 4.20. The summed E-state index contributed by atoms with van der Waals surface area (Å²) in [5.41, 5.74) is -0.234. The van der Waals surface area contributed by atoms with Crippen LogP contribution in [-0.2, 0) is 20.7 Å². The van der Waals surface area contributed by atoms with Crippen molar-refractivity contribution in [1.29, 1.82) is 0 Å². The summed E-state index contributed by atoms with van der Waals surface area (Å²) in [5, 5.41) is 12.5. The van der Waals surface area contributed by atoms with Crippen molar-refractivity contribution in [2.24, 2.45) is 5.92 Å². The van der Waals surface area contributed by atoms with Crippen LogP contribution >= 0.6 is 0 Å². The van der Waals surface area contributed by atoms with Crippen molar-refractivity contribution in [3.63, 3.8) is 0 Å². The number of carbonyl (C=O) groups is 2. The summed E-state index contributed by atoms with van der Waals surface area (Å²) in [4.78, 5) is 24.7. The van der Waals surface area contributed by atoms with Gasteiger partial charge in [0.2, 0.25) is 0 Å². The van der Waals surface area contributed by atoms with E-state index in [4.69, 9.17) is 22.3 Å². The molecule has 2 N–H and O–H groups in total. The Morgan fingerprint density at radius 2 is 1.79 bits per heavy atom. The minimum Gasteiger partial charge on any atom is -0.508 e. The molecular formula is C22H27NO5. The minimum atomic E-state index is -1.04. The number of phenols is 1. The molecule has 0 heterocycles. The monoisotopic (exact) mass is 385 g/mol. The average Bonchev–Trinajstić information content (AvgIpc) is 2.59. The molecule has 28 heavy (non-hydrogen) atoms. The van der Waals surface area contributed by atoms with Crippen LogP contribution in [-0.4, -0.2) is 35.4 Å². The standard InChI is InChI=1S/C22H27NO5/c1-6-10-16(11-7-2)15-27-20(25)18(23-21(26)28-22(3,4)5)14-17-12-8-9-13-19(17)24/h1-2,8-9,12-13,16,18,24H,10-11,14-15H2,3-5H3,(H,23,26). The number of esters is 1. The van der Waals surface area contributed by atoms with Gasteiger partial charge >= 0.3 is 12.1 Å². The predicted octanol–water partition coefficient (Wildman–Crippen LogP) is 3.03. The highest BCUT2D eigenvalue weighted by Crippen LogP contribution is 2.19. The molecular weight excluding hydrogens is 358 g/mol. The molecule has 0 aliphatic carbocycles. The number of phenolic OH excluding ortho intramolecular Hbond substituents is 1. The van der Waals surface area contributed by atoms with Crippen LogP contribution in [0.1, 0.15) is 39.2 Å². The molecule has 0 aromatic heterocycles. The number of hydrogen-bond donors (Lipinski definition) is 2. The van der Waals surface area contributed by atoms with Crippen LogP contribution in [0.3, 0.4) is 0 Å². The third-order valence-electron chi connectivity index (χ3n) is 3.67. The Balaban J connectivity index is 2.88. The Bertz CT molecular complexity index is 735. The van der Waals surface area contributed by atoms with Gasteiger partial charge in [-0.2, -0.15) is 0 Å². The third-order valence-corrected chi connectivity index (χ3v) is 3.67. The number of benzene rings is 1. The van der Waals surface area contributed by atoms with E-state index in [1.807, 2.05) is 0 Å². The van der Waals surface area contributed by atoms with Gasteiger partial charge in [0.25, 0.3) is 0 Å². The van der Waals surface area contributed by atoms with Crippen LogP contribution in [0.4, 0.5) is 4.79 Å². The van der Waals surface area contributed by atoms with E-state index in [1.165, 1.54) is 6.07 Å². The number of hydrogen-bond acceptors (Lipinski definition) is 5. The lowest BCUT2D eigenvalue weighted by Crippen LogP contribution is -2.45. The topological polar surface area (TPSA) is 84.9 Å². The first-order valence-corrected chi connectivity index (χ1v) is 8.96. The molecule has 0 spiro atoms. The number of rotatable bonds is 8. The summed E-state index contributed by atoms with van der Waals surface area (Å²) in [6.45, 7) is 5.19. The van der Waals surface area contributed by atoms with Crippen molar-refractivity contribution < 1.29 is 24.2 Å². The smallest absolute Gasteiger partial charge is 0.408 e. The highest BCUT2D eigenvalue weighted by atomic mass is 16.6. The van der Waals surface area contributed by atoms with Crippen molar-refractivity contribution in [2.45, 2.75) is 51.7 Å². The summed E-state index contributed by atoms with van der Waals surface area (Å²) in [7, 11) is 0. The van der Waals surface area contributed by atoms with Gasteiger partial charge in [-0.05, 0) is 32.4 Å². The van der Waals surface area contributed by atoms with Gasteiger partial charge in [0.1, 0.15) is 17.4 Å². The lowest BCUT2D eigenvalue weighted by molar-refractivity contribution is -0.147. The third kappa shape index (κ3) is 8.51. The highest BCUT2D eigenvalue weighted by molar-refractivity contribution is 5.82. The molecule has 150 valence electrons. The van der Waals surface area contributed by atoms with Crippen molar-refractivity contribution >= 4 is 12.1 Å². The molecule has 0 radical (unpaired) electrons. The van der Waals surface area contributed by atoms with Gasteiger partial charge in [0, 0.05) is 25.2 Å². The molecule has 0 fully saturated rings. The van der Waals surface area contributed by atoms with E-state index in [0.717, 1.165) is 0 Å². The molecule has 1 amide bonds. The van der Waals surface area contributed by atoms with Crippen LogP contribution in [0.5, 0.6) is 5.75 Å². The lowest BCUT2D eigenvalue weighted by atomic mass is 10.0. The second-order valence-electron chi connectivity index (χ2n) is 7.34. The number of nitrogens with one attached hydrogen (secondary N) is 1. The number of para-hydroxylation sites is 1. The molecule has 6 heteroatoms. The zero-order valence-electron chi connectivity index (χ0n) is 16.5. The number of aromatic hydroxyl groups is 1. The quantitative estimate of drug-likeness (QED) is 0.531. The van der Waals surface area contributed by atoms with E-state index < -0.39 is 23.7 Å². The van der Waals surface area contributed by atoms with E-state index in [2.05, 4.69) is 17.2 Å². The van der Waals surface area contributed by atoms with Crippen LogP contribution in [0, 0.1) is 30.6 Å². The maximum absolute atomic E-state index is 12.6. The second kappa shape index (κ2) is 10.9. The Kier molecular flexibility index (Phi) is 8.91. The van der Waals surface area contributed by atoms with Gasteiger partial charge in [-0.3, -0.25) is 0 Å². The first-order valence-electron chi connectivity index (χ1n) is 8.96. The van der Waals surface area contributed by atoms with E-state index in [0.29, 0.717) is 18.4 Å². The molecule has 1 aromatic carbocycles. The van der Waals surface area contributed by atoms with Gasteiger partial charge in [-0.1, -0.05) is 18.2 Å². The molecule has 0 aliphatic heterocycles. The lowest BCUT2D eigenvalue weighted by Gasteiger charge is -2.23. The molecule has 0 saturated heterocycles. The van der Waals surface area contributed by atoms with E-state index in [1.54, 1.807) is 39.0 Å². The fourth-order valence-corrected chi connectivity index (χ4v) is 2.37. The van der Waals surface area contributed by atoms with E-state index >= 15 is 0 Å². The van der Waals surface area contributed by atoms with Crippen molar-refractivity contribution in [1.82, 2.24) is 5.32 Å². The Morgan fingerprint density at radius 1 is 1.18 bits per heavy atom. The maximum Gasteiger partial charge on any atom is 0.408 e. The zero-order valence-corrected chi connectivity index (χ0v) is 16.5. The van der Waals surface area contributed by atoms with Gasteiger partial charge < -0.3 is 19.9 Å². The SMILES string of the molecule is C#CCC(CC#C)COC(=O)C(Cc1ccccc1O)NC(=O)OC(C)(C)C. The van der Waals surface area contributed by atoms with Crippen molar-refractivity contribution in [2.75, 3.05) is 6.61 Å². The fraction of sp³-hybridized carbons (Fsp3) is 0.455. The minimum absolute atomic E-state index is 0.0174. The van der Waals surface area contributed by atoms with E-state index in [9.17, 15) is 14.7 Å². The molecule has 0 bridgehead atoms. The van der Waals surface area contributed by atoms with E-state index in [-0.39, 0.29) is 24.7 Å². The summed E-state index contributed by atoms with van der Waals surface area (Å²) in [6, 6.07) is 5.51. The van der Waals surface area contributed by atoms with Crippen LogP contribution in [0.15, 0.2) is 24.3 Å². The molecule has 1 aromatic rings. The number of amides is 1. The van der Waals surface area contributed by atoms with Crippen LogP contribution < -0.4 is 5.32 Å². The Hall–Kier alpha value is -3.12. The van der Waals surface area contributed by atoms with Crippen LogP contribution in [0.25, 0.3) is 0 Å². The summed E-state index contributed by atoms with van der Waals surface area (Å²) in [6.07, 6.45) is 10.7. The van der Waals surface area contributed by atoms with Crippen LogP contribution in [0.2, 0.25) is 0 Å². The van der Waals surface area contributed by atoms with Gasteiger partial charge in [0.05, 0.1) is 6.61 Å². The van der Waals surface area contributed by atoms with Crippen molar-refractivity contribution in [3.8, 4) is 30.4 Å². The summed E-state index contributed by atoms with van der Waals surface area (Å²) >= 11 is 0. The fourth-order valence-electron chi connectivity index (χ4n) is 2.37. The number of terminal acetylenes is 2. The second-order valence-corrected chi connectivity index (χ2v) is 7.34. The normalized spacial score (nSPS) is 11.8.